The van der Waals surface area contributed by atoms with Crippen molar-refractivity contribution >= 4 is 5.91 Å². The first-order chi connectivity index (χ1) is 8.97. The van der Waals surface area contributed by atoms with E-state index in [4.69, 9.17) is 0 Å². The molecular weight excluding hydrogens is 238 g/mol. The van der Waals surface area contributed by atoms with E-state index in [1.807, 2.05) is 19.0 Å². The standard InChI is InChI=1S/C15H29N3O/c1-15(2)11-17(4)14(19)13(9-10-16-3)18(15)12-7-5-6-8-12/h12-13,16H,5-11H2,1-4H3. The van der Waals surface area contributed by atoms with E-state index in [-0.39, 0.29) is 11.6 Å². The number of hydrogen-bond donors (Lipinski definition) is 1. The molecule has 4 heteroatoms. The maximum Gasteiger partial charge on any atom is 0.239 e. The summed E-state index contributed by atoms with van der Waals surface area (Å²) in [4.78, 5) is 17.0. The lowest BCUT2D eigenvalue weighted by atomic mass is 9.90. The van der Waals surface area contributed by atoms with Crippen molar-refractivity contribution in [3.05, 3.63) is 0 Å². The Morgan fingerprint density at radius 2 is 1.95 bits per heavy atom. The Bertz CT molecular complexity index is 323. The van der Waals surface area contributed by atoms with Gasteiger partial charge in [-0.25, -0.2) is 0 Å². The van der Waals surface area contributed by atoms with Gasteiger partial charge in [0.15, 0.2) is 0 Å². The van der Waals surface area contributed by atoms with Gasteiger partial charge >= 0.3 is 0 Å². The van der Waals surface area contributed by atoms with Gasteiger partial charge in [0.05, 0.1) is 6.04 Å². The molecule has 1 aliphatic carbocycles. The second-order valence-electron chi connectivity index (χ2n) is 6.76. The summed E-state index contributed by atoms with van der Waals surface area (Å²) in [6.07, 6.45) is 6.08. The quantitative estimate of drug-likeness (QED) is 0.837. The summed E-state index contributed by atoms with van der Waals surface area (Å²) < 4.78 is 0. The van der Waals surface area contributed by atoms with E-state index in [0.29, 0.717) is 11.9 Å². The maximum atomic E-state index is 12.5. The zero-order valence-corrected chi connectivity index (χ0v) is 12.9. The largest absolute Gasteiger partial charge is 0.343 e. The van der Waals surface area contributed by atoms with Crippen LogP contribution in [0.2, 0.25) is 0 Å². The molecule has 19 heavy (non-hydrogen) atoms. The Labute approximate surface area is 117 Å². The van der Waals surface area contributed by atoms with Crippen LogP contribution < -0.4 is 5.32 Å². The van der Waals surface area contributed by atoms with Gasteiger partial charge < -0.3 is 10.2 Å². The average molecular weight is 267 g/mol. The van der Waals surface area contributed by atoms with Crippen LogP contribution in [0.5, 0.6) is 0 Å². The van der Waals surface area contributed by atoms with E-state index in [0.717, 1.165) is 19.5 Å². The van der Waals surface area contributed by atoms with Crippen LogP contribution in [0.25, 0.3) is 0 Å². The molecule has 0 radical (unpaired) electrons. The van der Waals surface area contributed by atoms with Crippen LogP contribution in [0.15, 0.2) is 0 Å². The molecule has 0 spiro atoms. The van der Waals surface area contributed by atoms with E-state index >= 15 is 0 Å². The Balaban J connectivity index is 2.22. The molecule has 0 aromatic heterocycles. The van der Waals surface area contributed by atoms with Crippen LogP contribution in [0, 0.1) is 0 Å². The fourth-order valence-electron chi connectivity index (χ4n) is 4.01. The van der Waals surface area contributed by atoms with Gasteiger partial charge in [0.2, 0.25) is 5.91 Å². The summed E-state index contributed by atoms with van der Waals surface area (Å²) in [5.74, 6) is 0.307. The van der Waals surface area contributed by atoms with Crippen molar-refractivity contribution in [2.24, 2.45) is 0 Å². The van der Waals surface area contributed by atoms with Crippen molar-refractivity contribution in [1.29, 1.82) is 0 Å². The number of carbonyl (C=O) groups is 1. The lowest BCUT2D eigenvalue weighted by Crippen LogP contribution is -2.68. The van der Waals surface area contributed by atoms with Crippen molar-refractivity contribution in [3.8, 4) is 0 Å². The number of rotatable bonds is 4. The molecule has 1 N–H and O–H groups in total. The lowest BCUT2D eigenvalue weighted by Gasteiger charge is -2.53. The Hall–Kier alpha value is -0.610. The third-order valence-electron chi connectivity index (χ3n) is 4.71. The number of amides is 1. The van der Waals surface area contributed by atoms with Crippen LogP contribution in [0.4, 0.5) is 0 Å². The first-order valence-electron chi connectivity index (χ1n) is 7.65. The predicted molar refractivity (Wildman–Crippen MR) is 78.1 cm³/mol. The number of piperazine rings is 1. The van der Waals surface area contributed by atoms with Gasteiger partial charge in [0, 0.05) is 25.2 Å². The van der Waals surface area contributed by atoms with Gasteiger partial charge in [0.1, 0.15) is 0 Å². The van der Waals surface area contributed by atoms with Gasteiger partial charge in [-0.05, 0) is 46.7 Å². The molecule has 0 aromatic rings. The molecule has 2 rings (SSSR count). The van der Waals surface area contributed by atoms with Crippen LogP contribution in [0.3, 0.4) is 0 Å². The zero-order chi connectivity index (χ0) is 14.0. The predicted octanol–water partition coefficient (Wildman–Crippen LogP) is 1.46. The molecule has 1 unspecified atom stereocenters. The number of carbonyl (C=O) groups excluding carboxylic acids is 1. The minimum absolute atomic E-state index is 0.0595. The molecule has 0 bridgehead atoms. The van der Waals surface area contributed by atoms with Crippen molar-refractivity contribution in [1.82, 2.24) is 15.1 Å². The lowest BCUT2D eigenvalue weighted by molar-refractivity contribution is -0.151. The monoisotopic (exact) mass is 267 g/mol. The molecular formula is C15H29N3O. The van der Waals surface area contributed by atoms with E-state index in [2.05, 4.69) is 24.1 Å². The highest BCUT2D eigenvalue weighted by Gasteiger charge is 2.46. The van der Waals surface area contributed by atoms with Gasteiger partial charge in [-0.1, -0.05) is 12.8 Å². The summed E-state index contributed by atoms with van der Waals surface area (Å²) in [5.41, 5.74) is 0.0933. The highest BCUT2D eigenvalue weighted by Crippen LogP contribution is 2.35. The van der Waals surface area contributed by atoms with E-state index < -0.39 is 0 Å². The first-order valence-corrected chi connectivity index (χ1v) is 7.65. The third-order valence-corrected chi connectivity index (χ3v) is 4.71. The number of likely N-dealkylation sites (N-methyl/N-ethyl adjacent to an activating group) is 1. The summed E-state index contributed by atoms with van der Waals surface area (Å²) in [6.45, 7) is 6.34. The minimum Gasteiger partial charge on any atom is -0.343 e. The van der Waals surface area contributed by atoms with Crippen molar-refractivity contribution in [2.45, 2.75) is 63.6 Å². The minimum atomic E-state index is 0.0595. The third kappa shape index (κ3) is 2.95. The number of nitrogens with zero attached hydrogens (tertiary/aromatic N) is 2. The van der Waals surface area contributed by atoms with E-state index in [1.165, 1.54) is 25.7 Å². The van der Waals surface area contributed by atoms with Gasteiger partial charge in [-0.3, -0.25) is 9.69 Å². The molecule has 1 aliphatic heterocycles. The van der Waals surface area contributed by atoms with Crippen LogP contribution in [0.1, 0.15) is 46.0 Å². The molecule has 1 heterocycles. The van der Waals surface area contributed by atoms with Crippen molar-refractivity contribution < 1.29 is 4.79 Å². The SMILES string of the molecule is CNCCC1C(=O)N(C)CC(C)(C)N1C1CCCC1. The molecule has 1 saturated heterocycles. The highest BCUT2D eigenvalue weighted by atomic mass is 16.2. The molecule has 110 valence electrons. The summed E-state index contributed by atoms with van der Waals surface area (Å²) in [7, 11) is 3.91. The molecule has 2 aliphatic rings. The summed E-state index contributed by atoms with van der Waals surface area (Å²) in [5, 5.41) is 3.19. The summed E-state index contributed by atoms with van der Waals surface area (Å²) in [6, 6.07) is 0.666. The van der Waals surface area contributed by atoms with Gasteiger partial charge in [-0.15, -0.1) is 0 Å². The number of hydrogen-bond acceptors (Lipinski definition) is 3. The molecule has 4 nitrogen and oxygen atoms in total. The fraction of sp³-hybridized carbons (Fsp3) is 0.933. The van der Waals surface area contributed by atoms with E-state index in [1.54, 1.807) is 0 Å². The molecule has 1 amide bonds. The van der Waals surface area contributed by atoms with Gasteiger partial charge in [0.25, 0.3) is 0 Å². The molecule has 0 aromatic carbocycles. The topological polar surface area (TPSA) is 35.6 Å². The van der Waals surface area contributed by atoms with Crippen molar-refractivity contribution in [2.75, 3.05) is 27.2 Å². The van der Waals surface area contributed by atoms with Crippen molar-refractivity contribution in [3.63, 3.8) is 0 Å². The average Bonchev–Trinajstić information content (AvgIpc) is 2.84. The highest BCUT2D eigenvalue weighted by molar-refractivity contribution is 5.83. The van der Waals surface area contributed by atoms with E-state index in [9.17, 15) is 4.79 Å². The van der Waals surface area contributed by atoms with Crippen LogP contribution >= 0.6 is 0 Å². The van der Waals surface area contributed by atoms with Gasteiger partial charge in [-0.2, -0.15) is 0 Å². The zero-order valence-electron chi connectivity index (χ0n) is 12.9. The smallest absolute Gasteiger partial charge is 0.239 e. The van der Waals surface area contributed by atoms with Crippen LogP contribution in [-0.4, -0.2) is 60.5 Å². The van der Waals surface area contributed by atoms with Crippen LogP contribution in [-0.2, 0) is 4.79 Å². The molecule has 1 atom stereocenters. The molecule has 2 fully saturated rings. The normalized spacial score (nSPS) is 29.2. The second-order valence-corrected chi connectivity index (χ2v) is 6.76. The maximum absolute atomic E-state index is 12.5. The Morgan fingerprint density at radius 1 is 1.32 bits per heavy atom. The number of nitrogens with one attached hydrogen (secondary N) is 1. The Morgan fingerprint density at radius 3 is 2.53 bits per heavy atom. The Kier molecular flexibility index (Phi) is 4.51. The first kappa shape index (κ1) is 14.8. The second kappa shape index (κ2) is 5.80. The summed E-state index contributed by atoms with van der Waals surface area (Å²) >= 11 is 0. The molecule has 1 saturated carbocycles. The fourth-order valence-corrected chi connectivity index (χ4v) is 4.01.